The van der Waals surface area contributed by atoms with Gasteiger partial charge in [-0.2, -0.15) is 0 Å². The molecule has 0 radical (unpaired) electrons. The zero-order valence-corrected chi connectivity index (χ0v) is 10.2. The summed E-state index contributed by atoms with van der Waals surface area (Å²) in [6.07, 6.45) is 3.11. The molecule has 1 saturated carbocycles. The number of nitrogens with two attached hydrogens (primary N) is 1. The lowest BCUT2D eigenvalue weighted by molar-refractivity contribution is -0.136. The van der Waals surface area contributed by atoms with Gasteiger partial charge in [-0.05, 0) is 31.6 Å². The number of amides is 1. The smallest absolute Gasteiger partial charge is 0.227 e. The molecule has 2 aliphatic rings. The van der Waals surface area contributed by atoms with Crippen LogP contribution in [0.15, 0.2) is 0 Å². The summed E-state index contributed by atoms with van der Waals surface area (Å²) in [5.41, 5.74) is 5.25. The van der Waals surface area contributed by atoms with Gasteiger partial charge in [0, 0.05) is 26.3 Å². The average Bonchev–Trinajstić information content (AvgIpc) is 3.20. The first-order valence-corrected chi connectivity index (χ1v) is 6.42. The van der Waals surface area contributed by atoms with Gasteiger partial charge in [-0.25, -0.2) is 0 Å². The molecule has 1 heterocycles. The van der Waals surface area contributed by atoms with E-state index in [0.717, 1.165) is 12.8 Å². The minimum absolute atomic E-state index is 0.0250. The van der Waals surface area contributed by atoms with E-state index < -0.39 is 11.5 Å². The molecule has 2 fully saturated rings. The second-order valence-electron chi connectivity index (χ2n) is 5.21. The molecule has 1 unspecified atom stereocenters. The number of aliphatic hydroxyl groups is 1. The molecule has 0 aromatic heterocycles. The molecule has 1 saturated heterocycles. The van der Waals surface area contributed by atoms with E-state index in [-0.39, 0.29) is 5.91 Å². The van der Waals surface area contributed by atoms with E-state index in [1.54, 1.807) is 0 Å². The van der Waals surface area contributed by atoms with Crippen LogP contribution >= 0.6 is 0 Å². The molecule has 0 spiro atoms. The molecule has 17 heavy (non-hydrogen) atoms. The monoisotopic (exact) mass is 242 g/mol. The summed E-state index contributed by atoms with van der Waals surface area (Å²) in [6, 6.07) is 0. The van der Waals surface area contributed by atoms with E-state index in [2.05, 4.69) is 5.32 Å². The van der Waals surface area contributed by atoms with Crippen LogP contribution in [0.25, 0.3) is 0 Å². The highest BCUT2D eigenvalue weighted by atomic mass is 16.5. The highest BCUT2D eigenvalue weighted by molar-refractivity contribution is 5.83. The van der Waals surface area contributed by atoms with Gasteiger partial charge in [0.1, 0.15) is 0 Å². The Bertz CT molecular complexity index is 273. The van der Waals surface area contributed by atoms with Crippen molar-refractivity contribution in [3.05, 3.63) is 0 Å². The molecule has 0 aromatic rings. The normalized spacial score (nSPS) is 25.3. The standard InChI is InChI=1S/C12H22N2O3/c13-8-12(3-5-17-6-4-12)11(16)14-7-10(15)9-1-2-9/h9-10,15H,1-8,13H2,(H,14,16). The fraction of sp³-hybridized carbons (Fsp3) is 0.917. The van der Waals surface area contributed by atoms with Crippen molar-refractivity contribution < 1.29 is 14.6 Å². The third-order valence-corrected chi connectivity index (χ3v) is 3.96. The SMILES string of the molecule is NCC1(C(=O)NCC(O)C2CC2)CCOCC1. The van der Waals surface area contributed by atoms with Crippen LogP contribution < -0.4 is 11.1 Å². The zero-order chi connectivity index (χ0) is 12.3. The lowest BCUT2D eigenvalue weighted by Gasteiger charge is -2.34. The minimum atomic E-state index is -0.485. The van der Waals surface area contributed by atoms with Crippen LogP contribution in [0.5, 0.6) is 0 Å². The zero-order valence-electron chi connectivity index (χ0n) is 10.2. The van der Waals surface area contributed by atoms with Crippen LogP contribution in [0.1, 0.15) is 25.7 Å². The van der Waals surface area contributed by atoms with E-state index in [0.29, 0.717) is 45.1 Å². The Morgan fingerprint density at radius 3 is 2.65 bits per heavy atom. The van der Waals surface area contributed by atoms with Gasteiger partial charge in [0.2, 0.25) is 5.91 Å². The van der Waals surface area contributed by atoms with Gasteiger partial charge < -0.3 is 20.9 Å². The van der Waals surface area contributed by atoms with Crippen LogP contribution in [0.3, 0.4) is 0 Å². The fourth-order valence-corrected chi connectivity index (χ4v) is 2.32. The van der Waals surface area contributed by atoms with Crippen LogP contribution in [0.4, 0.5) is 0 Å². The second kappa shape index (κ2) is 5.33. The van der Waals surface area contributed by atoms with E-state index in [1.807, 2.05) is 0 Å². The Labute approximate surface area is 102 Å². The Kier molecular flexibility index (Phi) is 4.01. The number of hydrogen-bond acceptors (Lipinski definition) is 4. The maximum absolute atomic E-state index is 12.1. The summed E-state index contributed by atoms with van der Waals surface area (Å²) in [4.78, 5) is 12.1. The molecule has 0 aromatic carbocycles. The van der Waals surface area contributed by atoms with Crippen LogP contribution in [0, 0.1) is 11.3 Å². The summed E-state index contributed by atoms with van der Waals surface area (Å²) in [5, 5.41) is 12.6. The molecule has 2 rings (SSSR count). The fourth-order valence-electron chi connectivity index (χ4n) is 2.32. The first-order chi connectivity index (χ1) is 8.18. The maximum Gasteiger partial charge on any atom is 0.227 e. The minimum Gasteiger partial charge on any atom is -0.391 e. The number of hydrogen-bond donors (Lipinski definition) is 3. The molecule has 1 atom stereocenters. The quantitative estimate of drug-likeness (QED) is 0.614. The van der Waals surface area contributed by atoms with Gasteiger partial charge in [-0.15, -0.1) is 0 Å². The van der Waals surface area contributed by atoms with E-state index in [9.17, 15) is 9.90 Å². The highest BCUT2D eigenvalue weighted by Gasteiger charge is 2.39. The number of carbonyl (C=O) groups is 1. The molecule has 4 N–H and O–H groups in total. The van der Waals surface area contributed by atoms with Gasteiger partial charge >= 0.3 is 0 Å². The van der Waals surface area contributed by atoms with Gasteiger partial charge in [-0.1, -0.05) is 0 Å². The largest absolute Gasteiger partial charge is 0.391 e. The Hall–Kier alpha value is -0.650. The Morgan fingerprint density at radius 2 is 2.12 bits per heavy atom. The van der Waals surface area contributed by atoms with Gasteiger partial charge in [0.15, 0.2) is 0 Å². The van der Waals surface area contributed by atoms with Crippen molar-refractivity contribution in [2.24, 2.45) is 17.1 Å². The van der Waals surface area contributed by atoms with Crippen molar-refractivity contribution in [1.82, 2.24) is 5.32 Å². The summed E-state index contributed by atoms with van der Waals surface area (Å²) in [5.74, 6) is 0.363. The molecule has 5 heteroatoms. The number of rotatable bonds is 5. The van der Waals surface area contributed by atoms with Crippen molar-refractivity contribution in [2.75, 3.05) is 26.3 Å². The Morgan fingerprint density at radius 1 is 1.47 bits per heavy atom. The van der Waals surface area contributed by atoms with Crippen molar-refractivity contribution in [3.8, 4) is 0 Å². The lowest BCUT2D eigenvalue weighted by Crippen LogP contribution is -2.50. The molecule has 0 bridgehead atoms. The lowest BCUT2D eigenvalue weighted by atomic mass is 9.79. The van der Waals surface area contributed by atoms with Crippen molar-refractivity contribution >= 4 is 5.91 Å². The Balaban J connectivity index is 1.83. The van der Waals surface area contributed by atoms with Crippen LogP contribution in [0.2, 0.25) is 0 Å². The van der Waals surface area contributed by atoms with Crippen LogP contribution in [-0.4, -0.2) is 43.4 Å². The van der Waals surface area contributed by atoms with Crippen molar-refractivity contribution in [1.29, 1.82) is 0 Å². The number of ether oxygens (including phenoxy) is 1. The predicted molar refractivity (Wildman–Crippen MR) is 63.3 cm³/mol. The first kappa shape index (κ1) is 12.8. The topological polar surface area (TPSA) is 84.6 Å². The van der Waals surface area contributed by atoms with E-state index in [4.69, 9.17) is 10.5 Å². The second-order valence-corrected chi connectivity index (χ2v) is 5.21. The van der Waals surface area contributed by atoms with Crippen molar-refractivity contribution in [3.63, 3.8) is 0 Å². The summed E-state index contributed by atoms with van der Waals surface area (Å²) >= 11 is 0. The molecule has 5 nitrogen and oxygen atoms in total. The summed E-state index contributed by atoms with van der Waals surface area (Å²) in [6.45, 7) is 1.89. The third kappa shape index (κ3) is 2.97. The molecule has 1 amide bonds. The molecule has 98 valence electrons. The predicted octanol–water partition coefficient (Wildman–Crippen LogP) is -0.371. The van der Waals surface area contributed by atoms with E-state index in [1.165, 1.54) is 0 Å². The van der Waals surface area contributed by atoms with E-state index >= 15 is 0 Å². The number of carbonyl (C=O) groups excluding carboxylic acids is 1. The average molecular weight is 242 g/mol. The van der Waals surface area contributed by atoms with Gasteiger partial charge in [0.25, 0.3) is 0 Å². The van der Waals surface area contributed by atoms with Gasteiger partial charge in [0.05, 0.1) is 11.5 Å². The summed E-state index contributed by atoms with van der Waals surface area (Å²) in [7, 11) is 0. The van der Waals surface area contributed by atoms with Gasteiger partial charge in [-0.3, -0.25) is 4.79 Å². The van der Waals surface area contributed by atoms with Crippen molar-refractivity contribution in [2.45, 2.75) is 31.8 Å². The molecule has 1 aliphatic carbocycles. The summed E-state index contributed by atoms with van der Waals surface area (Å²) < 4.78 is 5.27. The molecular formula is C12H22N2O3. The molecular weight excluding hydrogens is 220 g/mol. The highest BCUT2D eigenvalue weighted by Crippen LogP contribution is 2.33. The maximum atomic E-state index is 12.1. The molecule has 1 aliphatic heterocycles. The number of nitrogens with one attached hydrogen (secondary N) is 1. The van der Waals surface area contributed by atoms with Crippen LogP contribution in [-0.2, 0) is 9.53 Å². The third-order valence-electron chi connectivity index (χ3n) is 3.96. The first-order valence-electron chi connectivity index (χ1n) is 6.42. The number of aliphatic hydroxyl groups excluding tert-OH is 1.